The van der Waals surface area contributed by atoms with Gasteiger partial charge in [0.2, 0.25) is 0 Å². The molecule has 0 aliphatic carbocycles. The van der Waals surface area contributed by atoms with Crippen molar-refractivity contribution >= 4 is 5.97 Å². The first-order chi connectivity index (χ1) is 8.54. The van der Waals surface area contributed by atoms with E-state index in [0.717, 1.165) is 13.0 Å². The molecule has 0 heterocycles. The third kappa shape index (κ3) is 4.49. The van der Waals surface area contributed by atoms with Crippen molar-refractivity contribution in [3.05, 3.63) is 35.9 Å². The van der Waals surface area contributed by atoms with Crippen LogP contribution in [0.5, 0.6) is 0 Å². The molecule has 0 saturated carbocycles. The fraction of sp³-hybridized carbons (Fsp3) is 0.533. The monoisotopic (exact) mass is 249 g/mol. The third-order valence-corrected chi connectivity index (χ3v) is 3.34. The summed E-state index contributed by atoms with van der Waals surface area (Å²) in [6.45, 7) is 7.11. The molecule has 3 nitrogen and oxygen atoms in total. The van der Waals surface area contributed by atoms with Crippen LogP contribution in [0.2, 0.25) is 0 Å². The van der Waals surface area contributed by atoms with Gasteiger partial charge in [-0.25, -0.2) is 0 Å². The van der Waals surface area contributed by atoms with E-state index in [4.69, 9.17) is 5.11 Å². The number of hydrogen-bond donors (Lipinski definition) is 1. The van der Waals surface area contributed by atoms with Gasteiger partial charge in [-0.2, -0.15) is 0 Å². The molecule has 0 aliphatic heterocycles. The highest BCUT2D eigenvalue weighted by molar-refractivity contribution is 5.67. The minimum Gasteiger partial charge on any atom is -0.481 e. The molecular weight excluding hydrogens is 226 g/mol. The van der Waals surface area contributed by atoms with Gasteiger partial charge < -0.3 is 5.11 Å². The molecule has 1 rings (SSSR count). The highest BCUT2D eigenvalue weighted by Crippen LogP contribution is 2.13. The Balaban J connectivity index is 2.62. The van der Waals surface area contributed by atoms with E-state index in [-0.39, 0.29) is 12.5 Å². The first-order valence-corrected chi connectivity index (χ1v) is 6.56. The molecule has 1 aromatic carbocycles. The molecular formula is C15H23NO2. The van der Waals surface area contributed by atoms with Crippen molar-refractivity contribution in [1.29, 1.82) is 0 Å². The Morgan fingerprint density at radius 2 is 1.83 bits per heavy atom. The van der Waals surface area contributed by atoms with Crippen molar-refractivity contribution in [1.82, 2.24) is 4.90 Å². The lowest BCUT2D eigenvalue weighted by Gasteiger charge is -2.33. The van der Waals surface area contributed by atoms with Gasteiger partial charge in [-0.3, -0.25) is 9.69 Å². The Kier molecular flexibility index (Phi) is 5.86. The van der Waals surface area contributed by atoms with Gasteiger partial charge >= 0.3 is 5.97 Å². The average Bonchev–Trinajstić information content (AvgIpc) is 2.30. The van der Waals surface area contributed by atoms with Gasteiger partial charge in [-0.1, -0.05) is 37.3 Å². The van der Waals surface area contributed by atoms with E-state index in [0.29, 0.717) is 6.04 Å². The summed E-state index contributed by atoms with van der Waals surface area (Å²) >= 11 is 0. The molecule has 0 bridgehead atoms. The Bertz CT molecular complexity index is 364. The van der Waals surface area contributed by atoms with Crippen molar-refractivity contribution in [3.8, 4) is 0 Å². The summed E-state index contributed by atoms with van der Waals surface area (Å²) in [5.74, 6) is -0.729. The van der Waals surface area contributed by atoms with Gasteiger partial charge in [0, 0.05) is 12.1 Å². The molecule has 0 spiro atoms. The van der Waals surface area contributed by atoms with Gasteiger partial charge in [0.1, 0.15) is 0 Å². The van der Waals surface area contributed by atoms with E-state index < -0.39 is 5.97 Å². The number of carboxylic acids is 1. The molecule has 1 aromatic rings. The summed E-state index contributed by atoms with van der Waals surface area (Å²) in [4.78, 5) is 13.0. The van der Waals surface area contributed by atoms with Crippen molar-refractivity contribution < 1.29 is 9.90 Å². The zero-order valence-corrected chi connectivity index (χ0v) is 11.5. The van der Waals surface area contributed by atoms with E-state index in [1.807, 2.05) is 25.1 Å². The van der Waals surface area contributed by atoms with E-state index in [1.54, 1.807) is 0 Å². The van der Waals surface area contributed by atoms with Crippen LogP contribution in [0.1, 0.15) is 32.8 Å². The van der Waals surface area contributed by atoms with Crippen LogP contribution in [0.4, 0.5) is 0 Å². The van der Waals surface area contributed by atoms with Crippen LogP contribution in [0.3, 0.4) is 0 Å². The molecule has 0 amide bonds. The number of hydrogen-bond acceptors (Lipinski definition) is 2. The lowest BCUT2D eigenvalue weighted by Crippen LogP contribution is -2.42. The van der Waals surface area contributed by atoms with E-state index in [2.05, 4.69) is 30.9 Å². The fourth-order valence-corrected chi connectivity index (χ4v) is 2.50. The molecule has 0 radical (unpaired) electrons. The molecule has 100 valence electrons. The van der Waals surface area contributed by atoms with Crippen molar-refractivity contribution in [2.45, 2.75) is 45.7 Å². The zero-order chi connectivity index (χ0) is 13.5. The summed E-state index contributed by atoms with van der Waals surface area (Å²) < 4.78 is 0. The number of nitrogens with zero attached hydrogens (tertiary/aromatic N) is 1. The van der Waals surface area contributed by atoms with Gasteiger partial charge in [0.25, 0.3) is 0 Å². The molecule has 2 unspecified atom stereocenters. The molecule has 0 aromatic heterocycles. The van der Waals surface area contributed by atoms with Crippen LogP contribution in [0.25, 0.3) is 0 Å². The lowest BCUT2D eigenvalue weighted by molar-refractivity contribution is -0.138. The summed E-state index contributed by atoms with van der Waals surface area (Å²) in [6, 6.07) is 10.8. The Morgan fingerprint density at radius 3 is 2.33 bits per heavy atom. The van der Waals surface area contributed by atoms with Crippen LogP contribution in [-0.2, 0) is 11.2 Å². The summed E-state index contributed by atoms with van der Waals surface area (Å²) in [7, 11) is 0. The molecule has 0 aliphatic rings. The molecule has 18 heavy (non-hydrogen) atoms. The lowest BCUT2D eigenvalue weighted by atomic mass is 10.0. The standard InChI is InChI=1S/C15H23NO2/c1-4-16(13(3)11-15(17)18)12(2)10-14-8-6-5-7-9-14/h5-9,12-13H,4,10-11H2,1-3H3,(H,17,18). The van der Waals surface area contributed by atoms with Crippen LogP contribution < -0.4 is 0 Å². The Labute approximate surface area is 109 Å². The minimum absolute atomic E-state index is 0.0752. The fourth-order valence-electron chi connectivity index (χ4n) is 2.50. The minimum atomic E-state index is -0.729. The molecule has 3 heteroatoms. The largest absolute Gasteiger partial charge is 0.481 e. The molecule has 2 atom stereocenters. The number of likely N-dealkylation sites (N-methyl/N-ethyl adjacent to an activating group) is 1. The predicted octanol–water partition coefficient (Wildman–Crippen LogP) is 2.80. The van der Waals surface area contributed by atoms with Crippen molar-refractivity contribution in [3.63, 3.8) is 0 Å². The van der Waals surface area contributed by atoms with Gasteiger partial charge in [0.15, 0.2) is 0 Å². The first kappa shape index (κ1) is 14.7. The normalized spacial score (nSPS) is 14.4. The molecule has 0 saturated heterocycles. The third-order valence-electron chi connectivity index (χ3n) is 3.34. The summed E-state index contributed by atoms with van der Waals surface area (Å²) in [6.07, 6.45) is 1.16. The topological polar surface area (TPSA) is 40.5 Å². The highest BCUT2D eigenvalue weighted by Gasteiger charge is 2.20. The Morgan fingerprint density at radius 1 is 1.22 bits per heavy atom. The second-order valence-electron chi connectivity index (χ2n) is 4.82. The van der Waals surface area contributed by atoms with Crippen molar-refractivity contribution in [2.75, 3.05) is 6.54 Å². The van der Waals surface area contributed by atoms with Gasteiger partial charge in [0.05, 0.1) is 6.42 Å². The van der Waals surface area contributed by atoms with Crippen LogP contribution in [0.15, 0.2) is 30.3 Å². The number of carboxylic acid groups (broad SMARTS) is 1. The summed E-state index contributed by atoms with van der Waals surface area (Å²) in [5, 5.41) is 8.87. The van der Waals surface area contributed by atoms with E-state index in [9.17, 15) is 4.79 Å². The Hall–Kier alpha value is -1.35. The molecule has 0 fully saturated rings. The molecule has 1 N–H and O–H groups in total. The maximum absolute atomic E-state index is 10.8. The second kappa shape index (κ2) is 7.17. The van der Waals surface area contributed by atoms with E-state index >= 15 is 0 Å². The maximum atomic E-state index is 10.8. The SMILES string of the molecule is CCN(C(C)CC(=O)O)C(C)Cc1ccccc1. The second-order valence-corrected chi connectivity index (χ2v) is 4.82. The van der Waals surface area contributed by atoms with Gasteiger partial charge in [-0.15, -0.1) is 0 Å². The number of rotatable bonds is 7. The number of carbonyl (C=O) groups is 1. The van der Waals surface area contributed by atoms with Crippen molar-refractivity contribution in [2.24, 2.45) is 0 Å². The number of aliphatic carboxylic acids is 1. The quantitative estimate of drug-likeness (QED) is 0.807. The first-order valence-electron chi connectivity index (χ1n) is 6.56. The van der Waals surface area contributed by atoms with Gasteiger partial charge in [-0.05, 0) is 32.4 Å². The summed E-state index contributed by atoms with van der Waals surface area (Å²) in [5.41, 5.74) is 1.30. The average molecular weight is 249 g/mol. The van der Waals surface area contributed by atoms with Crippen LogP contribution in [-0.4, -0.2) is 34.6 Å². The maximum Gasteiger partial charge on any atom is 0.304 e. The zero-order valence-electron chi connectivity index (χ0n) is 11.5. The van der Waals surface area contributed by atoms with Crippen LogP contribution >= 0.6 is 0 Å². The number of benzene rings is 1. The van der Waals surface area contributed by atoms with Crippen LogP contribution in [0, 0.1) is 0 Å². The smallest absolute Gasteiger partial charge is 0.304 e. The highest BCUT2D eigenvalue weighted by atomic mass is 16.4. The van der Waals surface area contributed by atoms with E-state index in [1.165, 1.54) is 5.56 Å². The predicted molar refractivity (Wildman–Crippen MR) is 73.7 cm³/mol.